The smallest absolute Gasteiger partial charge is 0.406 e. The van der Waals surface area contributed by atoms with E-state index in [-0.39, 0.29) is 17.1 Å². The predicted octanol–water partition coefficient (Wildman–Crippen LogP) is 6.53. The number of hydrogen-bond acceptors (Lipinski definition) is 1. The Morgan fingerprint density at radius 1 is 0.923 bits per heavy atom. The quantitative estimate of drug-likeness (QED) is 0.552. The number of halogens is 3. The Morgan fingerprint density at radius 3 is 2.08 bits per heavy atom. The van der Waals surface area contributed by atoms with Gasteiger partial charge < -0.3 is 4.74 Å². The first-order valence-corrected chi connectivity index (χ1v) is 8.72. The SMILES string of the molecule is CCCC1(c2ccc(OC(F)(F)F)cc2)C=CC(c2ccccc2)C=C1. The summed E-state index contributed by atoms with van der Waals surface area (Å²) < 4.78 is 41.0. The standard InChI is InChI=1S/C22H21F3O/c1-2-14-21(19-8-10-20(11-9-19)26-22(23,24)25)15-12-18(13-16-21)17-6-4-3-5-7-17/h3-13,15-16,18H,2,14H2,1H3. The highest BCUT2D eigenvalue weighted by molar-refractivity contribution is 5.45. The summed E-state index contributed by atoms with van der Waals surface area (Å²) in [6.45, 7) is 2.11. The lowest BCUT2D eigenvalue weighted by Crippen LogP contribution is -2.23. The van der Waals surface area contributed by atoms with E-state index < -0.39 is 6.36 Å². The van der Waals surface area contributed by atoms with Gasteiger partial charge in [0.2, 0.25) is 0 Å². The van der Waals surface area contributed by atoms with Crippen LogP contribution >= 0.6 is 0 Å². The average Bonchev–Trinajstić information content (AvgIpc) is 2.62. The summed E-state index contributed by atoms with van der Waals surface area (Å²) in [4.78, 5) is 0. The van der Waals surface area contributed by atoms with Crippen LogP contribution in [-0.4, -0.2) is 6.36 Å². The fourth-order valence-electron chi connectivity index (χ4n) is 3.45. The minimum Gasteiger partial charge on any atom is -0.406 e. The molecule has 0 atom stereocenters. The molecule has 1 nitrogen and oxygen atoms in total. The molecule has 3 rings (SSSR count). The maximum Gasteiger partial charge on any atom is 0.573 e. The lowest BCUT2D eigenvalue weighted by atomic mass is 9.72. The minimum atomic E-state index is -4.67. The molecule has 4 heteroatoms. The highest BCUT2D eigenvalue weighted by atomic mass is 19.4. The first-order valence-electron chi connectivity index (χ1n) is 8.72. The van der Waals surface area contributed by atoms with Crippen molar-refractivity contribution in [1.29, 1.82) is 0 Å². The molecule has 0 spiro atoms. The van der Waals surface area contributed by atoms with Gasteiger partial charge in [0.25, 0.3) is 0 Å². The fourth-order valence-corrected chi connectivity index (χ4v) is 3.45. The maximum absolute atomic E-state index is 12.4. The van der Waals surface area contributed by atoms with Gasteiger partial charge >= 0.3 is 6.36 Å². The molecule has 0 bridgehead atoms. The van der Waals surface area contributed by atoms with Gasteiger partial charge in [0, 0.05) is 11.3 Å². The van der Waals surface area contributed by atoms with Crippen LogP contribution in [0.5, 0.6) is 5.75 Å². The first kappa shape index (κ1) is 18.3. The van der Waals surface area contributed by atoms with Gasteiger partial charge in [-0.05, 0) is 29.7 Å². The largest absolute Gasteiger partial charge is 0.573 e. The van der Waals surface area contributed by atoms with E-state index >= 15 is 0 Å². The molecule has 1 aliphatic rings. The molecule has 0 unspecified atom stereocenters. The van der Waals surface area contributed by atoms with E-state index in [1.165, 1.54) is 17.7 Å². The number of allylic oxidation sites excluding steroid dienone is 4. The zero-order valence-electron chi connectivity index (χ0n) is 14.5. The molecule has 2 aromatic carbocycles. The van der Waals surface area contributed by atoms with Crippen molar-refractivity contribution in [3.8, 4) is 5.75 Å². The van der Waals surface area contributed by atoms with Gasteiger partial charge in [-0.1, -0.05) is 80.1 Å². The average molecular weight is 358 g/mol. The van der Waals surface area contributed by atoms with Crippen LogP contribution in [0.3, 0.4) is 0 Å². The van der Waals surface area contributed by atoms with Crippen LogP contribution in [-0.2, 0) is 5.41 Å². The van der Waals surface area contributed by atoms with Gasteiger partial charge in [-0.2, -0.15) is 0 Å². The molecule has 0 amide bonds. The Kier molecular flexibility index (Phi) is 5.21. The molecule has 0 heterocycles. The van der Waals surface area contributed by atoms with Crippen LogP contribution in [0.1, 0.15) is 36.8 Å². The van der Waals surface area contributed by atoms with Crippen molar-refractivity contribution in [3.05, 3.63) is 90.0 Å². The van der Waals surface area contributed by atoms with Gasteiger partial charge in [0.15, 0.2) is 0 Å². The Labute approximate surface area is 151 Å². The molecular formula is C22H21F3O. The fraction of sp³-hybridized carbons (Fsp3) is 0.273. The van der Waals surface area contributed by atoms with Crippen LogP contribution < -0.4 is 4.74 Å². The van der Waals surface area contributed by atoms with Crippen molar-refractivity contribution >= 4 is 0 Å². The van der Waals surface area contributed by atoms with Crippen LogP contribution in [0.25, 0.3) is 0 Å². The molecule has 0 saturated heterocycles. The normalized spacial score (nSPS) is 22.4. The Balaban J connectivity index is 1.84. The third-order valence-corrected chi connectivity index (χ3v) is 4.68. The second kappa shape index (κ2) is 7.40. The molecular weight excluding hydrogens is 337 g/mol. The molecule has 2 aromatic rings. The summed E-state index contributed by atoms with van der Waals surface area (Å²) in [6.07, 6.45) is 5.88. The number of alkyl halides is 3. The predicted molar refractivity (Wildman–Crippen MR) is 97.2 cm³/mol. The summed E-state index contributed by atoms with van der Waals surface area (Å²) in [5.41, 5.74) is 1.89. The zero-order chi connectivity index (χ0) is 18.6. The molecule has 1 aliphatic carbocycles. The summed E-state index contributed by atoms with van der Waals surface area (Å²) in [7, 11) is 0. The number of benzene rings is 2. The third kappa shape index (κ3) is 4.18. The van der Waals surface area contributed by atoms with E-state index in [0.717, 1.165) is 18.4 Å². The summed E-state index contributed by atoms with van der Waals surface area (Å²) in [5, 5.41) is 0. The lowest BCUT2D eigenvalue weighted by Gasteiger charge is -2.32. The molecule has 0 aromatic heterocycles. The minimum absolute atomic E-state index is 0.196. The van der Waals surface area contributed by atoms with E-state index in [1.807, 2.05) is 18.2 Å². The van der Waals surface area contributed by atoms with Crippen molar-refractivity contribution in [2.45, 2.75) is 37.5 Å². The highest BCUT2D eigenvalue weighted by Gasteiger charge is 2.32. The Bertz CT molecular complexity index is 759. The molecule has 0 radical (unpaired) electrons. The summed E-state index contributed by atoms with van der Waals surface area (Å²) in [6, 6.07) is 16.4. The molecule has 0 fully saturated rings. The molecule has 26 heavy (non-hydrogen) atoms. The number of rotatable bonds is 5. The number of ether oxygens (including phenoxy) is 1. The van der Waals surface area contributed by atoms with Crippen molar-refractivity contribution in [2.75, 3.05) is 0 Å². The van der Waals surface area contributed by atoms with Gasteiger partial charge in [-0.15, -0.1) is 13.2 Å². The van der Waals surface area contributed by atoms with E-state index in [1.54, 1.807) is 12.1 Å². The number of hydrogen-bond donors (Lipinski definition) is 0. The highest BCUT2D eigenvalue weighted by Crippen LogP contribution is 2.39. The Hall–Kier alpha value is -2.49. The summed E-state index contributed by atoms with van der Waals surface area (Å²) in [5.74, 6) is 0.0212. The molecule has 0 aliphatic heterocycles. The maximum atomic E-state index is 12.4. The second-order valence-electron chi connectivity index (χ2n) is 6.52. The van der Waals surface area contributed by atoms with Crippen molar-refractivity contribution in [2.24, 2.45) is 0 Å². The molecule has 0 N–H and O–H groups in total. The van der Waals surface area contributed by atoms with Crippen LogP contribution in [0.2, 0.25) is 0 Å². The van der Waals surface area contributed by atoms with Gasteiger partial charge in [-0.3, -0.25) is 0 Å². The monoisotopic (exact) mass is 358 g/mol. The van der Waals surface area contributed by atoms with E-state index in [9.17, 15) is 13.2 Å². The van der Waals surface area contributed by atoms with Crippen molar-refractivity contribution in [3.63, 3.8) is 0 Å². The summed E-state index contributed by atoms with van der Waals surface area (Å²) >= 11 is 0. The van der Waals surface area contributed by atoms with E-state index in [0.29, 0.717) is 0 Å². The third-order valence-electron chi connectivity index (χ3n) is 4.68. The van der Waals surface area contributed by atoms with E-state index in [2.05, 4.69) is 48.1 Å². The molecule has 136 valence electrons. The van der Waals surface area contributed by atoms with Gasteiger partial charge in [0.05, 0.1) is 0 Å². The lowest BCUT2D eigenvalue weighted by molar-refractivity contribution is -0.274. The van der Waals surface area contributed by atoms with Crippen molar-refractivity contribution in [1.82, 2.24) is 0 Å². The van der Waals surface area contributed by atoms with Crippen LogP contribution in [0, 0.1) is 0 Å². The van der Waals surface area contributed by atoms with Crippen LogP contribution in [0.4, 0.5) is 13.2 Å². The first-order chi connectivity index (χ1) is 12.4. The van der Waals surface area contributed by atoms with E-state index in [4.69, 9.17) is 0 Å². The second-order valence-corrected chi connectivity index (χ2v) is 6.52. The topological polar surface area (TPSA) is 9.23 Å². The molecule has 0 saturated carbocycles. The van der Waals surface area contributed by atoms with Crippen molar-refractivity contribution < 1.29 is 17.9 Å². The van der Waals surface area contributed by atoms with Gasteiger partial charge in [0.1, 0.15) is 5.75 Å². The van der Waals surface area contributed by atoms with Crippen LogP contribution in [0.15, 0.2) is 78.9 Å². The van der Waals surface area contributed by atoms with Gasteiger partial charge in [-0.25, -0.2) is 0 Å². The zero-order valence-corrected chi connectivity index (χ0v) is 14.5. The Morgan fingerprint density at radius 2 is 1.54 bits per heavy atom.